The number of rotatable bonds is 4. The third-order valence-corrected chi connectivity index (χ3v) is 5.41. The summed E-state index contributed by atoms with van der Waals surface area (Å²) in [7, 11) is -2.37. The van der Waals surface area contributed by atoms with E-state index in [0.29, 0.717) is 16.8 Å². The summed E-state index contributed by atoms with van der Waals surface area (Å²) in [4.78, 5) is 12.9. The maximum atomic E-state index is 12.4. The minimum absolute atomic E-state index is 0.257. The van der Waals surface area contributed by atoms with E-state index < -0.39 is 21.0 Å². The molecule has 0 aliphatic carbocycles. The lowest BCUT2D eigenvalue weighted by Gasteiger charge is -2.39. The molecule has 120 valence electrons. The molecule has 0 bridgehead atoms. The Labute approximate surface area is 134 Å². The molecule has 2 aromatic carbocycles. The minimum atomic E-state index is -4.05. The van der Waals surface area contributed by atoms with Gasteiger partial charge in [-0.15, -0.1) is 0 Å². The van der Waals surface area contributed by atoms with Crippen LogP contribution in [0.4, 0.5) is 5.69 Å². The quantitative estimate of drug-likeness (QED) is 0.857. The fraction of sp³-hybridized carbons (Fsp3) is 0.188. The summed E-state index contributed by atoms with van der Waals surface area (Å²) in [6, 6.07) is 15.7. The first-order valence-corrected chi connectivity index (χ1v) is 8.55. The normalized spacial score (nSPS) is 23.4. The Hall–Kier alpha value is -2.38. The first kappa shape index (κ1) is 15.5. The highest BCUT2D eigenvalue weighted by molar-refractivity contribution is 7.89. The van der Waals surface area contributed by atoms with E-state index in [1.807, 2.05) is 0 Å². The van der Waals surface area contributed by atoms with E-state index in [9.17, 15) is 13.2 Å². The number of fused-ring (bicyclic) bond motifs is 1. The molecule has 7 heteroatoms. The second-order valence-electron chi connectivity index (χ2n) is 5.36. The molecule has 0 saturated carbocycles. The molecule has 1 heterocycles. The monoisotopic (exact) mass is 332 g/mol. The number of ether oxygens (including phenoxy) is 1. The number of nitrogens with zero attached hydrogens (tertiary/aromatic N) is 1. The molecule has 3 rings (SSSR count). The molecule has 0 saturated heterocycles. The Morgan fingerprint density at radius 1 is 1.13 bits per heavy atom. The van der Waals surface area contributed by atoms with Crippen molar-refractivity contribution in [2.45, 2.75) is 11.0 Å². The number of carbonyl (C=O) groups excluding carboxylic acids is 1. The molecule has 1 aliphatic rings. The van der Waals surface area contributed by atoms with Gasteiger partial charge < -0.3 is 9.64 Å². The van der Waals surface area contributed by atoms with Crippen molar-refractivity contribution in [2.75, 3.05) is 11.9 Å². The topological polar surface area (TPSA) is 89.7 Å². The number of anilines is 1. The molecular formula is C16H16N2O4S. The number of benzene rings is 2. The lowest BCUT2D eigenvalue weighted by atomic mass is 9.97. The predicted octanol–water partition coefficient (Wildman–Crippen LogP) is 1.49. The molecule has 2 aromatic rings. The fourth-order valence-electron chi connectivity index (χ4n) is 3.28. The van der Waals surface area contributed by atoms with Crippen molar-refractivity contribution < 1.29 is 17.9 Å². The van der Waals surface area contributed by atoms with Crippen LogP contribution in [-0.2, 0) is 25.3 Å². The number of hydrogen-bond donors (Lipinski definition) is 1. The van der Waals surface area contributed by atoms with Crippen LogP contribution in [0.15, 0.2) is 54.6 Å². The van der Waals surface area contributed by atoms with Crippen molar-refractivity contribution in [1.82, 2.24) is 0 Å². The molecule has 0 spiro atoms. The van der Waals surface area contributed by atoms with Gasteiger partial charge in [-0.3, -0.25) is 4.79 Å². The molecule has 2 atom stereocenters. The van der Waals surface area contributed by atoms with Crippen LogP contribution in [0.1, 0.15) is 16.4 Å². The second kappa shape index (κ2) is 5.36. The van der Waals surface area contributed by atoms with Crippen LogP contribution in [0.5, 0.6) is 0 Å². The zero-order valence-corrected chi connectivity index (χ0v) is 13.2. The zero-order valence-electron chi connectivity index (χ0n) is 12.4. The van der Waals surface area contributed by atoms with Gasteiger partial charge in [0.1, 0.15) is 0 Å². The Kier molecular flexibility index (Phi) is 3.62. The maximum Gasteiger partial charge on any atom is 0.295 e. The molecule has 0 amide bonds. The third kappa shape index (κ3) is 2.20. The summed E-state index contributed by atoms with van der Waals surface area (Å²) in [6.07, 6.45) is 0. The number of nitrogens with two attached hydrogens (primary N) is 1. The lowest BCUT2D eigenvalue weighted by molar-refractivity contribution is -0.144. The van der Waals surface area contributed by atoms with E-state index in [0.717, 1.165) is 0 Å². The number of hydrogen-bond acceptors (Lipinski definition) is 5. The largest absolute Gasteiger partial charge is 0.435 e. The highest BCUT2D eigenvalue weighted by Crippen LogP contribution is 2.54. The van der Waals surface area contributed by atoms with Gasteiger partial charge in [0.25, 0.3) is 6.47 Å². The van der Waals surface area contributed by atoms with Gasteiger partial charge >= 0.3 is 0 Å². The number of carbonyl (C=O) groups is 1. The molecule has 23 heavy (non-hydrogen) atoms. The van der Waals surface area contributed by atoms with E-state index in [4.69, 9.17) is 9.88 Å². The summed E-state index contributed by atoms with van der Waals surface area (Å²) in [5, 5.41) is 4.29. The van der Waals surface area contributed by atoms with Crippen LogP contribution >= 0.6 is 0 Å². The van der Waals surface area contributed by atoms with E-state index in [2.05, 4.69) is 0 Å². The van der Waals surface area contributed by atoms with E-state index in [-0.39, 0.29) is 6.47 Å². The Balaban J connectivity index is 2.36. The smallest absolute Gasteiger partial charge is 0.295 e. The molecule has 0 radical (unpaired) electrons. The van der Waals surface area contributed by atoms with Crippen LogP contribution < -0.4 is 10.0 Å². The minimum Gasteiger partial charge on any atom is -0.435 e. The highest BCUT2D eigenvalue weighted by atomic mass is 32.2. The van der Waals surface area contributed by atoms with Gasteiger partial charge in [0.2, 0.25) is 15.7 Å². The summed E-state index contributed by atoms with van der Waals surface area (Å²) >= 11 is 0. The predicted molar refractivity (Wildman–Crippen MR) is 86.0 cm³/mol. The fourth-order valence-corrected chi connectivity index (χ4v) is 4.63. The van der Waals surface area contributed by atoms with Crippen LogP contribution in [0, 0.1) is 0 Å². The zero-order chi connectivity index (χ0) is 16.7. The Morgan fingerprint density at radius 3 is 2.35 bits per heavy atom. The van der Waals surface area contributed by atoms with Gasteiger partial charge in [-0.2, -0.15) is 0 Å². The number of sulfonamides is 1. The van der Waals surface area contributed by atoms with Crippen molar-refractivity contribution in [2.24, 2.45) is 5.14 Å². The van der Waals surface area contributed by atoms with Crippen molar-refractivity contribution in [3.05, 3.63) is 65.7 Å². The average molecular weight is 332 g/mol. The summed E-state index contributed by atoms with van der Waals surface area (Å²) < 4.78 is 30.1. The molecule has 6 nitrogen and oxygen atoms in total. The van der Waals surface area contributed by atoms with Crippen LogP contribution in [0.25, 0.3) is 0 Å². The van der Waals surface area contributed by atoms with E-state index in [1.54, 1.807) is 66.5 Å². The van der Waals surface area contributed by atoms with Crippen molar-refractivity contribution >= 4 is 22.2 Å². The SMILES string of the molecule is CN1c2ccccc2C(S(N)(=O)=O)C1(OC=O)c1ccccc1. The Bertz CT molecular complexity index is 838. The van der Waals surface area contributed by atoms with Gasteiger partial charge in [-0.05, 0) is 6.07 Å². The number of likely N-dealkylation sites (N-methyl/N-ethyl adjacent to an activating group) is 1. The highest BCUT2D eigenvalue weighted by Gasteiger charge is 2.58. The van der Waals surface area contributed by atoms with Crippen molar-refractivity contribution in [3.8, 4) is 0 Å². The van der Waals surface area contributed by atoms with Crippen LogP contribution in [-0.4, -0.2) is 21.9 Å². The van der Waals surface area contributed by atoms with Gasteiger partial charge in [-0.1, -0.05) is 48.5 Å². The Morgan fingerprint density at radius 2 is 1.74 bits per heavy atom. The third-order valence-electron chi connectivity index (χ3n) is 4.18. The van der Waals surface area contributed by atoms with Crippen LogP contribution in [0.2, 0.25) is 0 Å². The molecule has 0 aromatic heterocycles. The van der Waals surface area contributed by atoms with E-state index >= 15 is 0 Å². The second-order valence-corrected chi connectivity index (χ2v) is 7.01. The van der Waals surface area contributed by atoms with Crippen LogP contribution in [0.3, 0.4) is 0 Å². The van der Waals surface area contributed by atoms with E-state index in [1.165, 1.54) is 0 Å². The standard InChI is InChI=1S/C16H16N2O4S/c1-18-14-10-6-5-9-13(14)15(23(17,20)21)16(18,22-11-19)12-7-3-2-4-8-12/h2-11,15H,1H3,(H2,17,20,21). The first-order chi connectivity index (χ1) is 10.9. The summed E-state index contributed by atoms with van der Waals surface area (Å²) in [5.74, 6) is 0. The molecule has 0 fully saturated rings. The lowest BCUT2D eigenvalue weighted by Crippen LogP contribution is -2.49. The van der Waals surface area contributed by atoms with Gasteiger partial charge in [-0.25, -0.2) is 13.6 Å². The van der Waals surface area contributed by atoms with Gasteiger partial charge in [0.05, 0.1) is 0 Å². The number of para-hydroxylation sites is 1. The molecule has 2 N–H and O–H groups in total. The van der Waals surface area contributed by atoms with Crippen molar-refractivity contribution in [1.29, 1.82) is 0 Å². The van der Waals surface area contributed by atoms with Gasteiger partial charge in [0, 0.05) is 23.9 Å². The van der Waals surface area contributed by atoms with Crippen molar-refractivity contribution in [3.63, 3.8) is 0 Å². The summed E-state index contributed by atoms with van der Waals surface area (Å²) in [5.41, 5.74) is 0.144. The molecular weight excluding hydrogens is 316 g/mol. The average Bonchev–Trinajstić information content (AvgIpc) is 2.79. The first-order valence-electron chi connectivity index (χ1n) is 6.94. The molecule has 2 unspecified atom stereocenters. The summed E-state index contributed by atoms with van der Waals surface area (Å²) in [6.45, 7) is 0.257. The van der Waals surface area contributed by atoms with Gasteiger partial charge in [0.15, 0.2) is 5.25 Å². The maximum absolute atomic E-state index is 12.4. The molecule has 1 aliphatic heterocycles. The number of primary sulfonamides is 1.